The highest BCUT2D eigenvalue weighted by Gasteiger charge is 2.16. The molecule has 0 aromatic rings. The lowest BCUT2D eigenvalue weighted by Crippen LogP contribution is -2.35. The van der Waals surface area contributed by atoms with Crippen molar-refractivity contribution >= 4 is 35.2 Å². The molecule has 106 valence electrons. The van der Waals surface area contributed by atoms with Gasteiger partial charge in [0.15, 0.2) is 0 Å². The summed E-state index contributed by atoms with van der Waals surface area (Å²) in [6.07, 6.45) is 3.40. The van der Waals surface area contributed by atoms with Gasteiger partial charge in [-0.2, -0.15) is 17.0 Å². The van der Waals surface area contributed by atoms with Crippen LogP contribution in [0.2, 0.25) is 0 Å². The van der Waals surface area contributed by atoms with Gasteiger partial charge in [0.05, 0.1) is 0 Å². The van der Waals surface area contributed by atoms with E-state index in [9.17, 15) is 9.59 Å². The fraction of sp³-hybridized carbons (Fsp3) is 0.545. The first-order valence-corrected chi connectivity index (χ1v) is 7.41. The van der Waals surface area contributed by atoms with Crippen LogP contribution >= 0.6 is 23.4 Å². The molecule has 1 amide bonds. The zero-order valence-electron chi connectivity index (χ0n) is 10.5. The number of carboxylic acid groups (broad SMARTS) is 1. The number of nitriles is 1. The van der Waals surface area contributed by atoms with Gasteiger partial charge in [-0.3, -0.25) is 4.79 Å². The third kappa shape index (κ3) is 7.59. The quantitative estimate of drug-likeness (QED) is 0.326. The molecule has 3 N–H and O–H groups in total. The topological polar surface area (TPSA) is 102 Å². The van der Waals surface area contributed by atoms with Crippen molar-refractivity contribution in [3.8, 4) is 6.07 Å². The molecule has 0 aromatic heterocycles. The van der Waals surface area contributed by atoms with Crippen LogP contribution in [-0.4, -0.2) is 47.5 Å². The summed E-state index contributed by atoms with van der Waals surface area (Å²) >= 11 is 6.93. The second-order valence-corrected chi connectivity index (χ2v) is 4.82. The van der Waals surface area contributed by atoms with Crippen molar-refractivity contribution in [2.24, 2.45) is 0 Å². The van der Waals surface area contributed by atoms with Gasteiger partial charge in [-0.1, -0.05) is 0 Å². The largest absolute Gasteiger partial charge is 0.480 e. The van der Waals surface area contributed by atoms with Crippen LogP contribution in [0.3, 0.4) is 0 Å². The van der Waals surface area contributed by atoms with Crippen LogP contribution in [0.25, 0.3) is 0 Å². The van der Waals surface area contributed by atoms with E-state index in [1.54, 1.807) is 6.07 Å². The summed E-state index contributed by atoms with van der Waals surface area (Å²) < 4.78 is 0. The van der Waals surface area contributed by atoms with Crippen molar-refractivity contribution < 1.29 is 14.7 Å². The van der Waals surface area contributed by atoms with Crippen molar-refractivity contribution in [1.29, 1.82) is 5.26 Å². The summed E-state index contributed by atoms with van der Waals surface area (Å²) in [5, 5.41) is 22.8. The van der Waals surface area contributed by atoms with Crippen LogP contribution in [0.4, 0.5) is 0 Å². The molecule has 0 saturated carbocycles. The van der Waals surface area contributed by atoms with Gasteiger partial charge in [-0.05, 0) is 18.4 Å². The van der Waals surface area contributed by atoms with E-state index in [4.69, 9.17) is 22.0 Å². The number of carbonyl (C=O) groups excluding carboxylic acids is 1. The van der Waals surface area contributed by atoms with Gasteiger partial charge in [-0.25, -0.2) is 4.79 Å². The molecular formula is C11H16ClN3O3S. The van der Waals surface area contributed by atoms with Gasteiger partial charge in [-0.15, -0.1) is 11.6 Å². The molecule has 0 aliphatic rings. The van der Waals surface area contributed by atoms with E-state index in [1.807, 2.05) is 6.26 Å². The van der Waals surface area contributed by atoms with Gasteiger partial charge < -0.3 is 15.7 Å². The third-order valence-electron chi connectivity index (χ3n) is 2.08. The highest BCUT2D eigenvalue weighted by Crippen LogP contribution is 2.02. The minimum Gasteiger partial charge on any atom is -0.480 e. The van der Waals surface area contributed by atoms with E-state index < -0.39 is 17.9 Å². The maximum Gasteiger partial charge on any atom is 0.326 e. The monoisotopic (exact) mass is 305 g/mol. The Labute approximate surface area is 121 Å². The van der Waals surface area contributed by atoms with Crippen molar-refractivity contribution in [2.45, 2.75) is 12.5 Å². The number of alkyl halides is 1. The predicted octanol–water partition coefficient (Wildman–Crippen LogP) is 0.545. The average Bonchev–Trinajstić information content (AvgIpc) is 2.39. The SMILES string of the molecule is CSCCC(N/C=C(/C#N)C(=O)NCCCl)C(=O)O. The Kier molecular flexibility index (Phi) is 9.75. The van der Waals surface area contributed by atoms with E-state index in [1.165, 1.54) is 11.8 Å². The number of nitrogens with zero attached hydrogens (tertiary/aromatic N) is 1. The maximum atomic E-state index is 11.5. The smallest absolute Gasteiger partial charge is 0.326 e. The number of halogens is 1. The van der Waals surface area contributed by atoms with Gasteiger partial charge in [0.25, 0.3) is 5.91 Å². The molecule has 0 bridgehead atoms. The minimum absolute atomic E-state index is 0.180. The fourth-order valence-corrected chi connectivity index (χ4v) is 1.67. The molecule has 6 nitrogen and oxygen atoms in total. The molecule has 0 aromatic carbocycles. The number of thioether (sulfide) groups is 1. The molecule has 1 atom stereocenters. The molecule has 0 rings (SSSR count). The highest BCUT2D eigenvalue weighted by molar-refractivity contribution is 7.98. The molecule has 0 aliphatic heterocycles. The van der Waals surface area contributed by atoms with Crippen LogP contribution < -0.4 is 10.6 Å². The first-order valence-electron chi connectivity index (χ1n) is 5.49. The van der Waals surface area contributed by atoms with Gasteiger partial charge in [0, 0.05) is 18.6 Å². The van der Waals surface area contributed by atoms with Gasteiger partial charge in [0.2, 0.25) is 0 Å². The zero-order chi connectivity index (χ0) is 14.7. The number of aliphatic carboxylic acids is 1. The summed E-state index contributed by atoms with van der Waals surface area (Å²) in [7, 11) is 0. The first-order chi connectivity index (χ1) is 9.06. The van der Waals surface area contributed by atoms with Crippen LogP contribution in [-0.2, 0) is 9.59 Å². The number of hydrogen-bond acceptors (Lipinski definition) is 5. The van der Waals surface area contributed by atoms with Gasteiger partial charge >= 0.3 is 5.97 Å². The molecule has 1 unspecified atom stereocenters. The lowest BCUT2D eigenvalue weighted by atomic mass is 10.2. The maximum absolute atomic E-state index is 11.5. The van der Waals surface area contributed by atoms with Crippen molar-refractivity contribution in [1.82, 2.24) is 10.6 Å². The molecule has 0 spiro atoms. The molecular weight excluding hydrogens is 290 g/mol. The Morgan fingerprint density at radius 2 is 2.26 bits per heavy atom. The average molecular weight is 306 g/mol. The van der Waals surface area contributed by atoms with Gasteiger partial charge in [0.1, 0.15) is 17.7 Å². The zero-order valence-corrected chi connectivity index (χ0v) is 12.1. The number of carboxylic acids is 1. The molecule has 8 heteroatoms. The fourth-order valence-electron chi connectivity index (χ4n) is 1.10. The lowest BCUT2D eigenvalue weighted by Gasteiger charge is -2.12. The van der Waals surface area contributed by atoms with Crippen molar-refractivity contribution in [3.63, 3.8) is 0 Å². The minimum atomic E-state index is -1.02. The molecule has 0 radical (unpaired) electrons. The standard InChI is InChI=1S/C11H16ClN3O3S/c1-19-5-2-9(11(17)18)15-7-8(6-13)10(16)14-4-3-12/h7,9,15H,2-5H2,1H3,(H,14,16)(H,17,18)/b8-7-. The summed E-state index contributed by atoms with van der Waals surface area (Å²) in [4.78, 5) is 22.4. The second kappa shape index (κ2) is 10.5. The summed E-state index contributed by atoms with van der Waals surface area (Å²) in [6, 6.07) is 0.884. The van der Waals surface area contributed by atoms with E-state index in [0.29, 0.717) is 12.2 Å². The van der Waals surface area contributed by atoms with Crippen LogP contribution in [0.1, 0.15) is 6.42 Å². The number of amides is 1. The Bertz CT molecular complexity index is 382. The normalized spacial score (nSPS) is 12.4. The summed E-state index contributed by atoms with van der Waals surface area (Å²) in [6.45, 7) is 0.244. The van der Waals surface area contributed by atoms with Crippen molar-refractivity contribution in [3.05, 3.63) is 11.8 Å². The number of carbonyl (C=O) groups is 2. The van der Waals surface area contributed by atoms with E-state index in [-0.39, 0.29) is 18.0 Å². The third-order valence-corrected chi connectivity index (χ3v) is 2.92. The van der Waals surface area contributed by atoms with Crippen LogP contribution in [0, 0.1) is 11.3 Å². The van der Waals surface area contributed by atoms with E-state index in [2.05, 4.69) is 10.6 Å². The Morgan fingerprint density at radius 1 is 1.58 bits per heavy atom. The highest BCUT2D eigenvalue weighted by atomic mass is 35.5. The summed E-state index contributed by atoms with van der Waals surface area (Å²) in [5.74, 6) is -0.699. The number of hydrogen-bond donors (Lipinski definition) is 3. The number of nitrogens with one attached hydrogen (secondary N) is 2. The van der Waals surface area contributed by atoms with E-state index >= 15 is 0 Å². The molecule has 0 aliphatic carbocycles. The molecule has 0 saturated heterocycles. The van der Waals surface area contributed by atoms with Crippen molar-refractivity contribution in [2.75, 3.05) is 24.4 Å². The molecule has 19 heavy (non-hydrogen) atoms. The van der Waals surface area contributed by atoms with Crippen LogP contribution in [0.15, 0.2) is 11.8 Å². The lowest BCUT2D eigenvalue weighted by molar-refractivity contribution is -0.139. The predicted molar refractivity (Wildman–Crippen MR) is 75.0 cm³/mol. The Balaban J connectivity index is 4.55. The molecule has 0 heterocycles. The van der Waals surface area contributed by atoms with E-state index in [0.717, 1.165) is 6.20 Å². The van der Waals surface area contributed by atoms with Crippen LogP contribution in [0.5, 0.6) is 0 Å². The summed E-state index contributed by atoms with van der Waals surface area (Å²) in [5.41, 5.74) is -0.180. The Morgan fingerprint density at radius 3 is 2.74 bits per heavy atom. The Hall–Kier alpha value is -1.39. The molecule has 0 fully saturated rings. The second-order valence-electron chi connectivity index (χ2n) is 3.45. The number of rotatable bonds is 9. The first kappa shape index (κ1) is 17.6.